The van der Waals surface area contributed by atoms with Gasteiger partial charge in [0.15, 0.2) is 5.82 Å². The second kappa shape index (κ2) is 11.3. The summed E-state index contributed by atoms with van der Waals surface area (Å²) >= 11 is 0. The molecule has 1 aromatic carbocycles. The van der Waals surface area contributed by atoms with Crippen molar-refractivity contribution in [3.63, 3.8) is 0 Å². The molecule has 1 amide bonds. The molecule has 36 heavy (non-hydrogen) atoms. The molecule has 196 valence electrons. The van der Waals surface area contributed by atoms with Crippen LogP contribution in [-0.2, 0) is 4.79 Å². The highest BCUT2D eigenvalue weighted by atomic mass is 16.2. The summed E-state index contributed by atoms with van der Waals surface area (Å²) in [4.78, 5) is 35.4. The molecule has 3 aliphatic heterocycles. The molecule has 4 aliphatic rings. The lowest BCUT2D eigenvalue weighted by molar-refractivity contribution is -0.120. The van der Waals surface area contributed by atoms with Crippen LogP contribution in [0.25, 0.3) is 11.0 Å². The van der Waals surface area contributed by atoms with Gasteiger partial charge in [-0.3, -0.25) is 14.5 Å². The molecule has 1 aromatic heterocycles. The molecule has 4 fully saturated rings. The summed E-state index contributed by atoms with van der Waals surface area (Å²) in [5.41, 5.74) is 1.75. The number of hydrogen-bond donors (Lipinski definition) is 1. The first-order valence-corrected chi connectivity index (χ1v) is 14.5. The van der Waals surface area contributed by atoms with Crippen molar-refractivity contribution in [3.8, 4) is 0 Å². The lowest BCUT2D eigenvalue weighted by Crippen LogP contribution is -2.52. The maximum Gasteiger partial charge on any atom is 0.294 e. The second-order valence-electron chi connectivity index (χ2n) is 10.8. The van der Waals surface area contributed by atoms with Crippen molar-refractivity contribution in [2.24, 2.45) is 0 Å². The minimum atomic E-state index is -0.0438. The zero-order valence-corrected chi connectivity index (χ0v) is 22.1. The Labute approximate surface area is 215 Å². The number of carbonyl (C=O) groups excluding carboxylic acids is 1. The Morgan fingerprint density at radius 3 is 2.19 bits per heavy atom. The van der Waals surface area contributed by atoms with E-state index in [-0.39, 0.29) is 24.1 Å². The minimum absolute atomic E-state index is 0.0304. The first-order chi connectivity index (χ1) is 17.7. The van der Waals surface area contributed by atoms with Crippen molar-refractivity contribution in [3.05, 3.63) is 34.6 Å². The Balaban J connectivity index is 0.00000130. The predicted octanol–water partition coefficient (Wildman–Crippen LogP) is 4.64. The number of amides is 1. The summed E-state index contributed by atoms with van der Waals surface area (Å²) in [6.07, 6.45) is 14.2. The molecule has 1 N–H and O–H groups in total. The van der Waals surface area contributed by atoms with E-state index >= 15 is 0 Å². The van der Waals surface area contributed by atoms with Crippen LogP contribution in [0.4, 0.5) is 5.82 Å². The number of nitrogens with zero attached hydrogens (tertiary/aromatic N) is 4. The van der Waals surface area contributed by atoms with Gasteiger partial charge in [-0.25, -0.2) is 4.98 Å². The van der Waals surface area contributed by atoms with Crippen LogP contribution in [0.3, 0.4) is 0 Å². The highest BCUT2D eigenvalue weighted by molar-refractivity contribution is 5.83. The first-order valence-electron chi connectivity index (χ1n) is 14.5. The molecule has 7 nitrogen and oxygen atoms in total. The fraction of sp³-hybridized carbons (Fsp3) is 0.690. The summed E-state index contributed by atoms with van der Waals surface area (Å²) in [6.45, 7) is 5.38. The lowest BCUT2D eigenvalue weighted by atomic mass is 9.89. The van der Waals surface area contributed by atoms with Gasteiger partial charge in [-0.05, 0) is 50.7 Å². The van der Waals surface area contributed by atoms with Crippen LogP contribution in [0.2, 0.25) is 0 Å². The largest absolute Gasteiger partial charge is 0.353 e. The van der Waals surface area contributed by atoms with E-state index in [4.69, 9.17) is 4.98 Å². The van der Waals surface area contributed by atoms with E-state index in [1.165, 1.54) is 57.8 Å². The summed E-state index contributed by atoms with van der Waals surface area (Å²) in [5.74, 6) is 0.390. The van der Waals surface area contributed by atoms with Crippen molar-refractivity contribution < 1.29 is 4.79 Å². The Morgan fingerprint density at radius 1 is 0.833 bits per heavy atom. The van der Waals surface area contributed by atoms with E-state index in [0.29, 0.717) is 31.0 Å². The van der Waals surface area contributed by atoms with Gasteiger partial charge < -0.3 is 14.8 Å². The van der Waals surface area contributed by atoms with Crippen molar-refractivity contribution in [1.29, 1.82) is 0 Å². The van der Waals surface area contributed by atoms with E-state index in [9.17, 15) is 9.59 Å². The topological polar surface area (TPSA) is 70.5 Å². The average Bonchev–Trinajstić information content (AvgIpc) is 3.13. The number of fused-ring (bicyclic) bond motifs is 3. The summed E-state index contributed by atoms with van der Waals surface area (Å²) in [6, 6.07) is 10.1. The van der Waals surface area contributed by atoms with Gasteiger partial charge in [0, 0.05) is 37.3 Å². The smallest absolute Gasteiger partial charge is 0.294 e. The van der Waals surface area contributed by atoms with Crippen LogP contribution in [0.1, 0.15) is 90.5 Å². The Morgan fingerprint density at radius 2 is 1.50 bits per heavy atom. The van der Waals surface area contributed by atoms with Crippen molar-refractivity contribution in [2.75, 3.05) is 24.5 Å². The fourth-order valence-electron chi connectivity index (χ4n) is 7.25. The van der Waals surface area contributed by atoms with E-state index < -0.39 is 0 Å². The summed E-state index contributed by atoms with van der Waals surface area (Å²) in [7, 11) is 0. The second-order valence-corrected chi connectivity index (χ2v) is 10.8. The van der Waals surface area contributed by atoms with Gasteiger partial charge in [0.1, 0.15) is 0 Å². The maximum absolute atomic E-state index is 13.9. The Bertz CT molecular complexity index is 1090. The number of hydrogen-bond acceptors (Lipinski definition) is 5. The van der Waals surface area contributed by atoms with Gasteiger partial charge in [0.25, 0.3) is 5.56 Å². The summed E-state index contributed by atoms with van der Waals surface area (Å²) < 4.78 is 2.05. The third-order valence-corrected chi connectivity index (χ3v) is 8.74. The number of anilines is 1. The number of piperazine rings is 1. The molecular formula is C29H43N5O2. The molecule has 2 aromatic rings. The standard InChI is InChI=1S/C27H37N5O2.C2H6/c33-25-18-30(15-14-28-25)26-27(34)32(24-11-7-6-10-23(24)29-26)22-16-20-12-13-21(17-22)31(20)19-8-4-2-1-3-5-9-19;1-2/h6-7,10-11,19-22H,1-5,8-9,12-18H2,(H,28,33);1-2H3. The normalized spacial score (nSPS) is 27.7. The fourth-order valence-corrected chi connectivity index (χ4v) is 7.25. The van der Waals surface area contributed by atoms with E-state index in [1.807, 2.05) is 47.6 Å². The molecule has 1 saturated carbocycles. The molecule has 0 spiro atoms. The minimum Gasteiger partial charge on any atom is -0.353 e. The molecule has 7 heteroatoms. The molecule has 0 radical (unpaired) electrons. The maximum atomic E-state index is 13.9. The van der Waals surface area contributed by atoms with Crippen LogP contribution in [0, 0.1) is 0 Å². The molecule has 3 saturated heterocycles. The highest BCUT2D eigenvalue weighted by Crippen LogP contribution is 2.44. The predicted molar refractivity (Wildman–Crippen MR) is 146 cm³/mol. The van der Waals surface area contributed by atoms with Gasteiger partial charge in [-0.1, -0.05) is 58.1 Å². The van der Waals surface area contributed by atoms with Gasteiger partial charge >= 0.3 is 0 Å². The van der Waals surface area contributed by atoms with Crippen LogP contribution >= 0.6 is 0 Å². The van der Waals surface area contributed by atoms with Crippen LogP contribution in [0.5, 0.6) is 0 Å². The third kappa shape index (κ3) is 4.91. The first kappa shape index (κ1) is 25.2. The molecule has 2 atom stereocenters. The van der Waals surface area contributed by atoms with Gasteiger partial charge in [-0.2, -0.15) is 0 Å². The number of aromatic nitrogens is 2. The van der Waals surface area contributed by atoms with Gasteiger partial charge in [0.2, 0.25) is 5.91 Å². The Hall–Kier alpha value is -2.41. The molecular weight excluding hydrogens is 450 g/mol. The van der Waals surface area contributed by atoms with Crippen molar-refractivity contribution >= 4 is 22.8 Å². The highest BCUT2D eigenvalue weighted by Gasteiger charge is 2.44. The molecule has 2 bridgehead atoms. The number of benzene rings is 1. The SMILES string of the molecule is CC.O=C1CN(c2nc3ccccc3n(C3CC4CCC(C3)N4C3CCCCCCC3)c2=O)CCN1. The number of piperidine rings is 1. The van der Waals surface area contributed by atoms with Crippen LogP contribution < -0.4 is 15.8 Å². The van der Waals surface area contributed by atoms with Gasteiger partial charge in [-0.15, -0.1) is 0 Å². The number of para-hydroxylation sites is 2. The van der Waals surface area contributed by atoms with Gasteiger partial charge in [0.05, 0.1) is 17.6 Å². The Kier molecular flexibility index (Phi) is 7.94. The van der Waals surface area contributed by atoms with Crippen molar-refractivity contribution in [1.82, 2.24) is 19.8 Å². The zero-order valence-electron chi connectivity index (χ0n) is 22.1. The molecule has 2 unspecified atom stereocenters. The van der Waals surface area contributed by atoms with Crippen molar-refractivity contribution in [2.45, 2.75) is 109 Å². The van der Waals surface area contributed by atoms with Crippen LogP contribution in [-0.4, -0.2) is 58.1 Å². The molecule has 4 heterocycles. The molecule has 1 aliphatic carbocycles. The monoisotopic (exact) mass is 493 g/mol. The summed E-state index contributed by atoms with van der Waals surface area (Å²) in [5, 5.41) is 2.86. The van der Waals surface area contributed by atoms with E-state index in [2.05, 4.69) is 10.2 Å². The van der Waals surface area contributed by atoms with Crippen LogP contribution in [0.15, 0.2) is 29.1 Å². The number of nitrogens with one attached hydrogen (secondary N) is 1. The average molecular weight is 494 g/mol. The zero-order chi connectivity index (χ0) is 25.1. The third-order valence-electron chi connectivity index (χ3n) is 8.74. The molecule has 6 rings (SSSR count). The quantitative estimate of drug-likeness (QED) is 0.675. The lowest BCUT2D eigenvalue weighted by Gasteiger charge is -2.45. The van der Waals surface area contributed by atoms with E-state index in [0.717, 1.165) is 29.9 Å². The number of rotatable bonds is 3. The number of carbonyl (C=O) groups is 1. The van der Waals surface area contributed by atoms with E-state index in [1.54, 1.807) is 0 Å².